The molecular formula is C11H17Cl2F3N2O. The van der Waals surface area contributed by atoms with Crippen LogP contribution >= 0.6 is 24.8 Å². The van der Waals surface area contributed by atoms with E-state index < -0.39 is 17.9 Å². The van der Waals surface area contributed by atoms with Crippen molar-refractivity contribution in [1.29, 1.82) is 0 Å². The maximum Gasteiger partial charge on any atom is 0.573 e. The molecule has 4 N–H and O–H groups in total. The van der Waals surface area contributed by atoms with Crippen molar-refractivity contribution in [1.82, 2.24) is 0 Å². The van der Waals surface area contributed by atoms with Gasteiger partial charge >= 0.3 is 6.36 Å². The lowest BCUT2D eigenvalue weighted by molar-refractivity contribution is -0.274. The van der Waals surface area contributed by atoms with Gasteiger partial charge in [0.2, 0.25) is 0 Å². The van der Waals surface area contributed by atoms with Crippen molar-refractivity contribution in [2.75, 3.05) is 0 Å². The molecule has 0 fully saturated rings. The van der Waals surface area contributed by atoms with Crippen LogP contribution in [0.25, 0.3) is 0 Å². The van der Waals surface area contributed by atoms with E-state index >= 15 is 0 Å². The van der Waals surface area contributed by atoms with E-state index in [0.29, 0.717) is 5.56 Å². The molecule has 0 heterocycles. The largest absolute Gasteiger partial charge is 0.573 e. The Balaban J connectivity index is 0. The van der Waals surface area contributed by atoms with Crippen molar-refractivity contribution < 1.29 is 17.9 Å². The first-order valence-corrected chi connectivity index (χ1v) is 5.00. The summed E-state index contributed by atoms with van der Waals surface area (Å²) in [5.74, 6) is -0.275. The quantitative estimate of drug-likeness (QED) is 0.899. The van der Waals surface area contributed by atoms with Crippen LogP contribution in [0.3, 0.4) is 0 Å². The molecule has 3 nitrogen and oxygen atoms in total. The molecule has 0 aliphatic heterocycles. The number of rotatable bonds is 3. The zero-order valence-electron chi connectivity index (χ0n) is 10.4. The lowest BCUT2D eigenvalue weighted by Crippen LogP contribution is -2.43. The number of ether oxygens (including phenoxy) is 1. The van der Waals surface area contributed by atoms with Crippen molar-refractivity contribution in [3.8, 4) is 5.75 Å². The molecule has 0 spiro atoms. The highest BCUT2D eigenvalue weighted by atomic mass is 35.5. The average molecular weight is 321 g/mol. The minimum absolute atomic E-state index is 0. The van der Waals surface area contributed by atoms with Crippen LogP contribution < -0.4 is 16.2 Å². The minimum atomic E-state index is -4.68. The summed E-state index contributed by atoms with van der Waals surface area (Å²) < 4.78 is 39.5. The fraction of sp³-hybridized carbons (Fsp3) is 0.455. The van der Waals surface area contributed by atoms with E-state index in [2.05, 4.69) is 4.74 Å². The first-order valence-electron chi connectivity index (χ1n) is 5.00. The standard InChI is InChI=1S/C11H15F3N2O.2ClH/c1-10(2,16)9(15)7-3-5-8(6-4-7)17-11(12,13)14;;/h3-6,9H,15-16H2,1-2H3;2*1H. The van der Waals surface area contributed by atoms with Crippen molar-refractivity contribution in [2.45, 2.75) is 31.8 Å². The monoisotopic (exact) mass is 320 g/mol. The predicted octanol–water partition coefficient (Wildman–Crippen LogP) is 3.17. The summed E-state index contributed by atoms with van der Waals surface area (Å²) in [5.41, 5.74) is 11.7. The van der Waals surface area contributed by atoms with Gasteiger partial charge in [0.1, 0.15) is 5.75 Å². The van der Waals surface area contributed by atoms with Gasteiger partial charge in [-0.1, -0.05) is 12.1 Å². The summed E-state index contributed by atoms with van der Waals surface area (Å²) in [5, 5.41) is 0. The highest BCUT2D eigenvalue weighted by Crippen LogP contribution is 2.26. The van der Waals surface area contributed by atoms with Gasteiger partial charge in [0.15, 0.2) is 0 Å². The van der Waals surface area contributed by atoms with Gasteiger partial charge in [0.25, 0.3) is 0 Å². The maximum atomic E-state index is 11.9. The first-order chi connectivity index (χ1) is 7.59. The van der Waals surface area contributed by atoms with Crippen molar-refractivity contribution in [3.63, 3.8) is 0 Å². The molecule has 1 unspecified atom stereocenters. The van der Waals surface area contributed by atoms with Gasteiger partial charge in [-0.25, -0.2) is 0 Å². The van der Waals surface area contributed by atoms with Gasteiger partial charge in [-0.15, -0.1) is 38.0 Å². The Morgan fingerprint density at radius 2 is 1.47 bits per heavy atom. The molecule has 0 bridgehead atoms. The van der Waals surface area contributed by atoms with Crippen LogP contribution in [0.15, 0.2) is 24.3 Å². The highest BCUT2D eigenvalue weighted by molar-refractivity contribution is 5.85. The van der Waals surface area contributed by atoms with E-state index in [1.165, 1.54) is 24.3 Å². The van der Waals surface area contributed by atoms with Gasteiger partial charge < -0.3 is 16.2 Å². The van der Waals surface area contributed by atoms with E-state index in [0.717, 1.165) is 0 Å². The number of hydrogen-bond donors (Lipinski definition) is 2. The van der Waals surface area contributed by atoms with Crippen LogP contribution in [0.5, 0.6) is 5.75 Å². The fourth-order valence-corrected chi connectivity index (χ4v) is 1.31. The second-order valence-electron chi connectivity index (χ2n) is 4.42. The fourth-order valence-electron chi connectivity index (χ4n) is 1.31. The molecule has 1 aromatic carbocycles. The van der Waals surface area contributed by atoms with Gasteiger partial charge in [-0.3, -0.25) is 0 Å². The third kappa shape index (κ3) is 6.87. The third-order valence-corrected chi connectivity index (χ3v) is 2.27. The molecule has 1 atom stereocenters. The summed E-state index contributed by atoms with van der Waals surface area (Å²) in [6.45, 7) is 3.50. The third-order valence-electron chi connectivity index (χ3n) is 2.27. The molecular weight excluding hydrogens is 304 g/mol. The topological polar surface area (TPSA) is 61.3 Å². The average Bonchev–Trinajstić information content (AvgIpc) is 2.14. The number of alkyl halides is 3. The lowest BCUT2D eigenvalue weighted by atomic mass is 9.90. The predicted molar refractivity (Wildman–Crippen MR) is 72.8 cm³/mol. The number of hydrogen-bond acceptors (Lipinski definition) is 3. The normalized spacial score (nSPS) is 13.0. The lowest BCUT2D eigenvalue weighted by Gasteiger charge is -2.27. The van der Waals surface area contributed by atoms with E-state index in [1.54, 1.807) is 13.8 Å². The summed E-state index contributed by atoms with van der Waals surface area (Å²) in [7, 11) is 0. The molecule has 0 aromatic heterocycles. The second-order valence-corrected chi connectivity index (χ2v) is 4.42. The number of halogens is 5. The van der Waals surface area contributed by atoms with Crippen LogP contribution in [-0.2, 0) is 0 Å². The second kappa shape index (κ2) is 7.19. The number of nitrogens with two attached hydrogens (primary N) is 2. The summed E-state index contributed by atoms with van der Waals surface area (Å²) in [6.07, 6.45) is -4.68. The zero-order valence-corrected chi connectivity index (χ0v) is 12.0. The summed E-state index contributed by atoms with van der Waals surface area (Å²) in [4.78, 5) is 0. The zero-order chi connectivity index (χ0) is 13.3. The summed E-state index contributed by atoms with van der Waals surface area (Å²) in [6, 6.07) is 4.92. The Labute approximate surface area is 122 Å². The van der Waals surface area contributed by atoms with E-state index in [-0.39, 0.29) is 30.6 Å². The Bertz CT molecular complexity index is 377. The highest BCUT2D eigenvalue weighted by Gasteiger charge is 2.31. The van der Waals surface area contributed by atoms with Crippen LogP contribution in [0.4, 0.5) is 13.2 Å². The van der Waals surface area contributed by atoms with Crippen molar-refractivity contribution in [3.05, 3.63) is 29.8 Å². The molecule has 0 saturated heterocycles. The Hall–Kier alpha value is -0.690. The Morgan fingerprint density at radius 1 is 1.05 bits per heavy atom. The van der Waals surface area contributed by atoms with Gasteiger partial charge in [-0.2, -0.15) is 0 Å². The molecule has 0 radical (unpaired) electrons. The smallest absolute Gasteiger partial charge is 0.406 e. The molecule has 0 saturated carbocycles. The van der Waals surface area contributed by atoms with Gasteiger partial charge in [0.05, 0.1) is 0 Å². The SMILES string of the molecule is CC(C)(N)C(N)c1ccc(OC(F)(F)F)cc1.Cl.Cl. The molecule has 0 aliphatic rings. The van der Waals surface area contributed by atoms with Crippen LogP contribution in [0.1, 0.15) is 25.5 Å². The maximum absolute atomic E-state index is 11.9. The van der Waals surface area contributed by atoms with Crippen LogP contribution in [-0.4, -0.2) is 11.9 Å². The van der Waals surface area contributed by atoms with Crippen molar-refractivity contribution in [2.24, 2.45) is 11.5 Å². The molecule has 1 rings (SSSR count). The van der Waals surface area contributed by atoms with Gasteiger partial charge in [0, 0.05) is 11.6 Å². The first kappa shape index (κ1) is 20.6. The molecule has 0 amide bonds. The van der Waals surface area contributed by atoms with Gasteiger partial charge in [-0.05, 0) is 31.5 Å². The summed E-state index contributed by atoms with van der Waals surface area (Å²) >= 11 is 0. The molecule has 112 valence electrons. The molecule has 19 heavy (non-hydrogen) atoms. The minimum Gasteiger partial charge on any atom is -0.406 e. The Kier molecular flexibility index (Phi) is 7.80. The van der Waals surface area contributed by atoms with E-state index in [4.69, 9.17) is 11.5 Å². The van der Waals surface area contributed by atoms with Crippen LogP contribution in [0.2, 0.25) is 0 Å². The number of benzene rings is 1. The van der Waals surface area contributed by atoms with E-state index in [9.17, 15) is 13.2 Å². The molecule has 1 aromatic rings. The molecule has 0 aliphatic carbocycles. The van der Waals surface area contributed by atoms with E-state index in [1.807, 2.05) is 0 Å². The Morgan fingerprint density at radius 3 is 1.79 bits per heavy atom. The van der Waals surface area contributed by atoms with Crippen molar-refractivity contribution >= 4 is 24.8 Å². The van der Waals surface area contributed by atoms with Crippen LogP contribution in [0, 0.1) is 0 Å². The molecule has 8 heteroatoms.